The monoisotopic (exact) mass is 621 g/mol. The predicted molar refractivity (Wildman–Crippen MR) is 178 cm³/mol. The van der Waals surface area contributed by atoms with E-state index in [1.54, 1.807) is 7.05 Å². The molecule has 0 bridgehead atoms. The van der Waals surface area contributed by atoms with Gasteiger partial charge in [0.1, 0.15) is 6.04 Å². The number of carbonyl (C=O) groups excluding carboxylic acids is 2. The summed E-state index contributed by atoms with van der Waals surface area (Å²) in [5.41, 5.74) is 5.19. The Morgan fingerprint density at radius 3 is 2.18 bits per heavy atom. The third-order valence-corrected chi connectivity index (χ3v) is 9.11. The lowest BCUT2D eigenvalue weighted by Gasteiger charge is -2.20. The number of sulfonamides is 1. The first-order chi connectivity index (χ1) is 21.2. The summed E-state index contributed by atoms with van der Waals surface area (Å²) in [6.45, 7) is 7.35. The highest BCUT2D eigenvalue weighted by Crippen LogP contribution is 2.24. The SMILES string of the molecule is CCN(CC)CCCS(=O)(=O)N[C@H](CCc1ccccc1)C(=O)NCc1ccc(-c2ccccc2CCNC(=O)NC)cc1. The minimum absolute atomic E-state index is 0.0244. The molecule has 0 spiro atoms. The summed E-state index contributed by atoms with van der Waals surface area (Å²) in [5.74, 6) is -0.366. The summed E-state index contributed by atoms with van der Waals surface area (Å²) in [7, 11) is -2.05. The van der Waals surface area contributed by atoms with E-state index in [0.29, 0.717) is 38.8 Å². The molecule has 0 aliphatic rings. The average Bonchev–Trinajstić information content (AvgIpc) is 3.04. The Kier molecular flexibility index (Phi) is 14.3. The zero-order valence-electron chi connectivity index (χ0n) is 26.1. The molecule has 3 aromatic rings. The highest BCUT2D eigenvalue weighted by atomic mass is 32.2. The van der Waals surface area contributed by atoms with Gasteiger partial charge in [-0.2, -0.15) is 0 Å². The minimum atomic E-state index is -3.64. The molecule has 0 fully saturated rings. The van der Waals surface area contributed by atoms with Crippen molar-refractivity contribution in [1.82, 2.24) is 25.6 Å². The molecular formula is C34H47N5O4S. The van der Waals surface area contributed by atoms with Gasteiger partial charge in [0.05, 0.1) is 5.75 Å². The molecule has 3 amide bonds. The van der Waals surface area contributed by atoms with Crippen LogP contribution in [0.1, 0.15) is 43.4 Å². The van der Waals surface area contributed by atoms with Crippen LogP contribution in [0.4, 0.5) is 4.79 Å². The highest BCUT2D eigenvalue weighted by molar-refractivity contribution is 7.89. The van der Waals surface area contributed by atoms with Gasteiger partial charge >= 0.3 is 6.03 Å². The number of carbonyl (C=O) groups is 2. The lowest BCUT2D eigenvalue weighted by Crippen LogP contribution is -2.47. The van der Waals surface area contributed by atoms with E-state index < -0.39 is 16.1 Å². The molecule has 3 rings (SSSR count). The standard InChI is InChI=1S/C34H47N5O4S/c1-4-39(5-2)24-11-25-44(42,43)38-32(21-18-27-12-7-6-8-13-27)33(40)37-26-28-16-19-30(20-17-28)31-15-10-9-14-29(31)22-23-36-34(41)35-3/h6-10,12-17,19-20,32,38H,4-5,11,18,21-26H2,1-3H3,(H,37,40)(H2,35,36,41)/t32-/m1/s1. The van der Waals surface area contributed by atoms with Crippen molar-refractivity contribution in [2.45, 2.75) is 52.1 Å². The van der Waals surface area contributed by atoms with Gasteiger partial charge in [0.25, 0.3) is 0 Å². The first-order valence-electron chi connectivity index (χ1n) is 15.4. The van der Waals surface area contributed by atoms with Crippen LogP contribution < -0.4 is 20.7 Å². The van der Waals surface area contributed by atoms with Crippen molar-refractivity contribution in [2.24, 2.45) is 0 Å². The number of nitrogens with one attached hydrogen (secondary N) is 4. The Morgan fingerprint density at radius 1 is 0.818 bits per heavy atom. The summed E-state index contributed by atoms with van der Waals surface area (Å²) in [4.78, 5) is 27.0. The molecule has 0 saturated heterocycles. The van der Waals surface area contributed by atoms with Gasteiger partial charge in [-0.25, -0.2) is 17.9 Å². The van der Waals surface area contributed by atoms with E-state index in [9.17, 15) is 18.0 Å². The quantitative estimate of drug-likeness (QED) is 0.171. The van der Waals surface area contributed by atoms with Gasteiger partial charge in [-0.3, -0.25) is 4.79 Å². The molecule has 4 N–H and O–H groups in total. The zero-order valence-corrected chi connectivity index (χ0v) is 27.0. The van der Waals surface area contributed by atoms with E-state index in [-0.39, 0.29) is 24.2 Å². The topological polar surface area (TPSA) is 120 Å². The molecule has 0 aliphatic heterocycles. The average molecular weight is 622 g/mol. The molecule has 238 valence electrons. The number of urea groups is 1. The lowest BCUT2D eigenvalue weighted by molar-refractivity contribution is -0.123. The van der Waals surface area contributed by atoms with Crippen LogP contribution in [0.5, 0.6) is 0 Å². The van der Waals surface area contributed by atoms with Crippen LogP contribution in [0.25, 0.3) is 11.1 Å². The molecule has 0 aliphatic carbocycles. The molecule has 10 heteroatoms. The van der Waals surface area contributed by atoms with E-state index >= 15 is 0 Å². The van der Waals surface area contributed by atoms with E-state index in [2.05, 4.69) is 51.6 Å². The number of hydrogen-bond donors (Lipinski definition) is 4. The molecule has 3 aromatic carbocycles. The molecule has 0 radical (unpaired) electrons. The Labute approximate surface area is 262 Å². The second-order valence-electron chi connectivity index (χ2n) is 10.7. The van der Waals surface area contributed by atoms with Gasteiger partial charge < -0.3 is 20.9 Å². The smallest absolute Gasteiger partial charge is 0.314 e. The summed E-state index contributed by atoms with van der Waals surface area (Å²) < 4.78 is 28.6. The van der Waals surface area contributed by atoms with E-state index in [1.165, 1.54) is 0 Å². The van der Waals surface area contributed by atoms with Gasteiger partial charge in [0.2, 0.25) is 15.9 Å². The van der Waals surface area contributed by atoms with Gasteiger partial charge in [0, 0.05) is 20.1 Å². The van der Waals surface area contributed by atoms with E-state index in [4.69, 9.17) is 0 Å². The lowest BCUT2D eigenvalue weighted by atomic mass is 9.97. The summed E-state index contributed by atoms with van der Waals surface area (Å²) in [5, 5.41) is 8.32. The van der Waals surface area contributed by atoms with E-state index in [1.807, 2.05) is 66.7 Å². The molecule has 0 saturated carbocycles. The molecule has 0 unspecified atom stereocenters. The Morgan fingerprint density at radius 2 is 1.50 bits per heavy atom. The van der Waals surface area contributed by atoms with Crippen molar-refractivity contribution >= 4 is 22.0 Å². The highest BCUT2D eigenvalue weighted by Gasteiger charge is 2.24. The first kappa shape index (κ1) is 34.8. The maximum atomic E-state index is 13.3. The summed E-state index contributed by atoms with van der Waals surface area (Å²) in [6.07, 6.45) is 2.13. The Bertz CT molecular complexity index is 1410. The first-order valence-corrected chi connectivity index (χ1v) is 17.1. The normalized spacial score (nSPS) is 12.1. The fourth-order valence-corrected chi connectivity index (χ4v) is 6.31. The van der Waals surface area contributed by atoms with E-state index in [0.717, 1.165) is 40.9 Å². The van der Waals surface area contributed by atoms with Crippen molar-refractivity contribution < 1.29 is 18.0 Å². The van der Waals surface area contributed by atoms with Crippen LogP contribution in [0.15, 0.2) is 78.9 Å². The zero-order chi connectivity index (χ0) is 31.8. The third kappa shape index (κ3) is 11.7. The molecule has 1 atom stereocenters. The largest absolute Gasteiger partial charge is 0.351 e. The molecule has 0 heterocycles. The maximum absolute atomic E-state index is 13.3. The van der Waals surface area contributed by atoms with Crippen LogP contribution in [-0.4, -0.2) is 70.3 Å². The summed E-state index contributed by atoms with van der Waals surface area (Å²) in [6, 6.07) is 24.7. The van der Waals surface area contributed by atoms with Crippen molar-refractivity contribution in [3.63, 3.8) is 0 Å². The van der Waals surface area contributed by atoms with Crippen molar-refractivity contribution in [3.05, 3.63) is 95.6 Å². The Balaban J connectivity index is 1.63. The number of amides is 3. The molecular weight excluding hydrogens is 574 g/mol. The number of nitrogens with zero attached hydrogens (tertiary/aromatic N) is 1. The number of benzene rings is 3. The number of rotatable bonds is 18. The summed E-state index contributed by atoms with van der Waals surface area (Å²) >= 11 is 0. The van der Waals surface area contributed by atoms with Crippen LogP contribution in [-0.2, 0) is 34.2 Å². The molecule has 44 heavy (non-hydrogen) atoms. The third-order valence-electron chi connectivity index (χ3n) is 7.64. The van der Waals surface area contributed by atoms with Crippen LogP contribution in [0.2, 0.25) is 0 Å². The second kappa shape index (κ2) is 18.2. The van der Waals surface area contributed by atoms with Crippen molar-refractivity contribution in [2.75, 3.05) is 39.0 Å². The Hall–Kier alpha value is -3.73. The van der Waals surface area contributed by atoms with Gasteiger partial charge in [0.15, 0.2) is 0 Å². The second-order valence-corrected chi connectivity index (χ2v) is 12.6. The molecule has 9 nitrogen and oxygen atoms in total. The van der Waals surface area contributed by atoms with Crippen molar-refractivity contribution in [3.8, 4) is 11.1 Å². The molecule has 0 aromatic heterocycles. The van der Waals surface area contributed by atoms with Gasteiger partial charge in [-0.15, -0.1) is 0 Å². The van der Waals surface area contributed by atoms with Gasteiger partial charge in [-0.1, -0.05) is 92.7 Å². The predicted octanol–water partition coefficient (Wildman–Crippen LogP) is 4.09. The fourth-order valence-electron chi connectivity index (χ4n) is 5.03. The maximum Gasteiger partial charge on any atom is 0.314 e. The fraction of sp³-hybridized carbons (Fsp3) is 0.412. The van der Waals surface area contributed by atoms with Crippen molar-refractivity contribution in [1.29, 1.82) is 0 Å². The van der Waals surface area contributed by atoms with Gasteiger partial charge in [-0.05, 0) is 73.1 Å². The van der Waals surface area contributed by atoms with Crippen LogP contribution in [0.3, 0.4) is 0 Å². The minimum Gasteiger partial charge on any atom is -0.351 e. The number of hydrogen-bond acceptors (Lipinski definition) is 5. The van der Waals surface area contributed by atoms with Crippen LogP contribution in [0, 0.1) is 0 Å². The number of aryl methyl sites for hydroxylation is 1. The van der Waals surface area contributed by atoms with Crippen LogP contribution >= 0.6 is 0 Å².